The largest absolute Gasteiger partial charge is 0.256 e. The summed E-state index contributed by atoms with van der Waals surface area (Å²) < 4.78 is 0. The van der Waals surface area contributed by atoms with Crippen molar-refractivity contribution in [1.82, 2.24) is 29.9 Å². The van der Waals surface area contributed by atoms with Crippen LogP contribution in [0.25, 0.3) is 119 Å². The summed E-state index contributed by atoms with van der Waals surface area (Å²) >= 11 is 0. The van der Waals surface area contributed by atoms with Gasteiger partial charge in [-0.2, -0.15) is 0 Å². The summed E-state index contributed by atoms with van der Waals surface area (Å²) in [5.74, 6) is 0. The highest BCUT2D eigenvalue weighted by Gasteiger charge is 2.03. The quantitative estimate of drug-likeness (QED) is 0.111. The van der Waals surface area contributed by atoms with Crippen molar-refractivity contribution in [1.29, 1.82) is 0 Å². The third-order valence-electron chi connectivity index (χ3n) is 13.9. The molecule has 378 valence electrons. The van der Waals surface area contributed by atoms with Crippen LogP contribution in [-0.4, -0.2) is 29.9 Å². The Morgan fingerprint density at radius 2 is 0.537 bits per heavy atom. The van der Waals surface area contributed by atoms with E-state index in [1.165, 1.54) is 80.8 Å². The molecular weight excluding hydrogens is 973 g/mol. The van der Waals surface area contributed by atoms with Gasteiger partial charge in [0.15, 0.2) is 0 Å². The Labute approximate surface area is 463 Å². The average Bonchev–Trinajstić information content (AvgIpc) is 3.55. The van der Waals surface area contributed by atoms with Crippen molar-refractivity contribution < 1.29 is 0 Å². The Hall–Kier alpha value is -10.8. The van der Waals surface area contributed by atoms with Crippen molar-refractivity contribution >= 4 is 119 Å². The van der Waals surface area contributed by atoms with Crippen LogP contribution >= 0.6 is 0 Å². The molecule has 0 radical (unpaired) electrons. The highest BCUT2D eigenvalue weighted by Crippen LogP contribution is 2.26. The van der Waals surface area contributed by atoms with E-state index in [0.717, 1.165) is 38.6 Å². The number of fused-ring (bicyclic) bond motifs is 14. The predicted octanol–water partition coefficient (Wildman–Crippen LogP) is 19.2. The molecule has 11 aromatic carbocycles. The molecule has 0 saturated heterocycles. The van der Waals surface area contributed by atoms with Crippen molar-refractivity contribution in [3.05, 3.63) is 316 Å². The zero-order valence-electron chi connectivity index (χ0n) is 43.7. The summed E-state index contributed by atoms with van der Waals surface area (Å²) in [4.78, 5) is 26.2. The van der Waals surface area contributed by atoms with Crippen molar-refractivity contribution in [2.75, 3.05) is 0 Å². The number of rotatable bonds is 0. The molecule has 0 bridgehead atoms. The molecule has 0 aliphatic rings. The highest BCUT2D eigenvalue weighted by atomic mass is 14.7. The first-order chi connectivity index (χ1) is 39.7. The number of pyridine rings is 6. The van der Waals surface area contributed by atoms with E-state index >= 15 is 0 Å². The number of benzene rings is 11. The van der Waals surface area contributed by atoms with Gasteiger partial charge in [-0.05, 0) is 105 Å². The molecule has 17 rings (SSSR count). The predicted molar refractivity (Wildman–Crippen MR) is 338 cm³/mol. The first kappa shape index (κ1) is 50.0. The van der Waals surface area contributed by atoms with E-state index in [0.29, 0.717) is 0 Å². The molecule has 0 saturated carbocycles. The standard InChI is InChI=1S/5C13H9N.C9H7N/c1-3-7-12-10(5-1)9-11-6-2-4-8-13(11)14-12;1-2-6-11-10(5-1)9-14-13-8-4-3-7-12(11)13;1-2-6-12-10(4-1)7-8-11-5-3-9-14-13(11)12;1-2-5-11-10(4-1)7-8-13-12(11)6-3-9-14-13;1-2-5-11-9-13-12(6-3-7-14-13)8-10(11)4-1;1-2-6-9-8(4-1)5-3-7-10-9/h5*1-9H;1-7H. The van der Waals surface area contributed by atoms with Crippen molar-refractivity contribution in [3.63, 3.8) is 0 Å². The topological polar surface area (TPSA) is 77.3 Å². The van der Waals surface area contributed by atoms with E-state index < -0.39 is 0 Å². The normalized spacial score (nSPS) is 10.8. The fraction of sp³-hybridized carbons (Fsp3) is 0. The van der Waals surface area contributed by atoms with Gasteiger partial charge >= 0.3 is 0 Å². The second-order valence-corrected chi connectivity index (χ2v) is 19.0. The summed E-state index contributed by atoms with van der Waals surface area (Å²) in [6.45, 7) is 0. The van der Waals surface area contributed by atoms with Gasteiger partial charge in [0, 0.05) is 79.5 Å². The molecule has 6 nitrogen and oxygen atoms in total. The van der Waals surface area contributed by atoms with Gasteiger partial charge in [0.25, 0.3) is 0 Å². The van der Waals surface area contributed by atoms with Crippen LogP contribution in [0.3, 0.4) is 0 Å². The van der Waals surface area contributed by atoms with Gasteiger partial charge in [-0.3, -0.25) is 24.9 Å². The number of hydrogen-bond donors (Lipinski definition) is 0. The molecule has 0 atom stereocenters. The number of para-hydroxylation sites is 4. The molecule has 80 heavy (non-hydrogen) atoms. The van der Waals surface area contributed by atoms with Crippen molar-refractivity contribution in [2.45, 2.75) is 0 Å². The zero-order chi connectivity index (χ0) is 53.7. The minimum Gasteiger partial charge on any atom is -0.256 e. The molecule has 6 heteroatoms. The second-order valence-electron chi connectivity index (χ2n) is 19.0. The molecule has 0 aliphatic heterocycles. The molecule has 6 aromatic heterocycles. The maximum atomic E-state index is 4.58. The number of hydrogen-bond acceptors (Lipinski definition) is 6. The lowest BCUT2D eigenvalue weighted by Gasteiger charge is -2.01. The summed E-state index contributed by atoms with van der Waals surface area (Å²) in [7, 11) is 0. The van der Waals surface area contributed by atoms with E-state index in [4.69, 9.17) is 0 Å². The average molecular weight is 1030 g/mol. The van der Waals surface area contributed by atoms with Crippen molar-refractivity contribution in [3.8, 4) is 0 Å². The van der Waals surface area contributed by atoms with Crippen LogP contribution in [0.2, 0.25) is 0 Å². The van der Waals surface area contributed by atoms with Crippen LogP contribution in [0.1, 0.15) is 0 Å². The van der Waals surface area contributed by atoms with Gasteiger partial charge in [0.2, 0.25) is 0 Å². The first-order valence-corrected chi connectivity index (χ1v) is 26.6. The molecule has 0 unspecified atom stereocenters. The first-order valence-electron chi connectivity index (χ1n) is 26.6. The van der Waals surface area contributed by atoms with Gasteiger partial charge in [-0.25, -0.2) is 4.98 Å². The minimum absolute atomic E-state index is 1.06. The molecular formula is C74H52N6. The van der Waals surface area contributed by atoms with Crippen LogP contribution in [0.4, 0.5) is 0 Å². The molecule has 0 spiro atoms. The number of nitrogens with zero attached hydrogens (tertiary/aromatic N) is 6. The molecule has 17 aromatic rings. The van der Waals surface area contributed by atoms with Gasteiger partial charge < -0.3 is 0 Å². The lowest BCUT2D eigenvalue weighted by Crippen LogP contribution is -1.80. The summed E-state index contributed by atoms with van der Waals surface area (Å²) in [6.07, 6.45) is 9.24. The maximum absolute atomic E-state index is 4.58. The molecule has 0 amide bonds. The Bertz CT molecular complexity index is 4090. The second kappa shape index (κ2) is 24.0. The molecule has 6 heterocycles. The third kappa shape index (κ3) is 11.5. The lowest BCUT2D eigenvalue weighted by atomic mass is 10.1. The van der Waals surface area contributed by atoms with E-state index in [2.05, 4.69) is 218 Å². The summed E-state index contributed by atoms with van der Waals surface area (Å²) in [5.41, 5.74) is 7.46. The number of aromatic nitrogens is 6. The van der Waals surface area contributed by atoms with Crippen LogP contribution in [0.5, 0.6) is 0 Å². The van der Waals surface area contributed by atoms with Gasteiger partial charge in [-0.15, -0.1) is 0 Å². The summed E-state index contributed by atoms with van der Waals surface area (Å²) in [6, 6.07) is 97.3. The lowest BCUT2D eigenvalue weighted by molar-refractivity contribution is 1.41. The third-order valence-corrected chi connectivity index (χ3v) is 13.9. The van der Waals surface area contributed by atoms with Crippen molar-refractivity contribution in [2.24, 2.45) is 0 Å². The Morgan fingerprint density at radius 1 is 0.175 bits per heavy atom. The maximum Gasteiger partial charge on any atom is 0.0780 e. The fourth-order valence-corrected chi connectivity index (χ4v) is 9.95. The molecule has 0 fully saturated rings. The molecule has 0 N–H and O–H groups in total. The monoisotopic (exact) mass is 1020 g/mol. The zero-order valence-corrected chi connectivity index (χ0v) is 43.7. The Morgan fingerprint density at radius 3 is 1.21 bits per heavy atom. The molecule has 0 aliphatic carbocycles. The summed E-state index contributed by atoms with van der Waals surface area (Å²) in [5, 5.41) is 18.5. The minimum atomic E-state index is 1.06. The van der Waals surface area contributed by atoms with E-state index in [1.54, 1.807) is 0 Å². The van der Waals surface area contributed by atoms with Crippen LogP contribution in [0, 0.1) is 0 Å². The van der Waals surface area contributed by atoms with E-state index in [1.807, 2.05) is 128 Å². The van der Waals surface area contributed by atoms with Gasteiger partial charge in [0.1, 0.15) is 0 Å². The Balaban J connectivity index is 0.0000000958. The smallest absolute Gasteiger partial charge is 0.0780 e. The van der Waals surface area contributed by atoms with Gasteiger partial charge in [0.05, 0.1) is 38.6 Å². The van der Waals surface area contributed by atoms with Gasteiger partial charge in [-0.1, -0.05) is 212 Å². The SMILES string of the molecule is c1ccc2c(c1)ccc1cccnc12.c1ccc2c(c1)ccc1ncccc12.c1ccc2c(c1)cnc1ccccc12.c1ccc2cc3ncccc3cc2c1.c1ccc2nc3ccccc3cc2c1.c1ccc2ncccc2c1. The highest BCUT2D eigenvalue weighted by molar-refractivity contribution is 6.07. The van der Waals surface area contributed by atoms with E-state index in [-0.39, 0.29) is 0 Å². The van der Waals surface area contributed by atoms with Crippen LogP contribution in [0.15, 0.2) is 316 Å². The van der Waals surface area contributed by atoms with Crippen LogP contribution in [-0.2, 0) is 0 Å². The fourth-order valence-electron chi connectivity index (χ4n) is 9.95. The Kier molecular flexibility index (Phi) is 15.0. The van der Waals surface area contributed by atoms with Crippen LogP contribution < -0.4 is 0 Å². The van der Waals surface area contributed by atoms with E-state index in [9.17, 15) is 0 Å².